The van der Waals surface area contributed by atoms with Crippen molar-refractivity contribution in [2.75, 3.05) is 32.7 Å². The molecule has 26 heavy (non-hydrogen) atoms. The van der Waals surface area contributed by atoms with E-state index in [4.69, 9.17) is 0 Å². The summed E-state index contributed by atoms with van der Waals surface area (Å²) in [6.45, 7) is 4.79. The first-order valence-electron chi connectivity index (χ1n) is 10.0. The van der Waals surface area contributed by atoms with E-state index in [2.05, 4.69) is 40.5 Å². The van der Waals surface area contributed by atoms with Gasteiger partial charge < -0.3 is 10.2 Å². The quantitative estimate of drug-likeness (QED) is 0.851. The zero-order chi connectivity index (χ0) is 18.2. The summed E-state index contributed by atoms with van der Waals surface area (Å²) in [6.07, 6.45) is 6.15. The Kier molecular flexibility index (Phi) is 7.06. The molecule has 0 radical (unpaired) electrons. The van der Waals surface area contributed by atoms with Crippen molar-refractivity contribution in [2.45, 2.75) is 45.1 Å². The van der Waals surface area contributed by atoms with Crippen LogP contribution in [0, 0.1) is 5.92 Å². The van der Waals surface area contributed by atoms with Gasteiger partial charge in [0, 0.05) is 32.6 Å². The first-order chi connectivity index (χ1) is 12.7. The number of carbonyl (C=O) groups excluding carboxylic acids is 2. The van der Waals surface area contributed by atoms with Gasteiger partial charge in [0.25, 0.3) is 0 Å². The lowest BCUT2D eigenvalue weighted by molar-refractivity contribution is -0.137. The molecular weight excluding hydrogens is 326 g/mol. The summed E-state index contributed by atoms with van der Waals surface area (Å²) in [5, 5.41) is 3.07. The number of rotatable bonds is 6. The number of nitrogens with one attached hydrogen (secondary N) is 1. The molecule has 2 aliphatic rings. The second-order valence-electron chi connectivity index (χ2n) is 7.66. The molecule has 1 atom stereocenters. The van der Waals surface area contributed by atoms with E-state index in [1.165, 1.54) is 18.4 Å². The van der Waals surface area contributed by atoms with Gasteiger partial charge in [-0.05, 0) is 43.7 Å². The molecular formula is C21H31N3O2. The summed E-state index contributed by atoms with van der Waals surface area (Å²) >= 11 is 0. The lowest BCUT2D eigenvalue weighted by Gasteiger charge is -2.27. The molecule has 0 saturated carbocycles. The predicted octanol–water partition coefficient (Wildman–Crippen LogP) is 2.42. The number of hydrogen-bond acceptors (Lipinski definition) is 3. The molecule has 1 aromatic rings. The van der Waals surface area contributed by atoms with Crippen LogP contribution < -0.4 is 5.32 Å². The SMILES string of the molecule is O=C(CN1CCCCC1=O)NCC1CCCCN(Cc2ccccc2)C1. The fourth-order valence-corrected chi connectivity index (χ4v) is 3.98. The standard InChI is InChI=1S/C21H31N3O2/c25-20(17-24-13-7-5-11-21(24)26)22-14-19-10-4-6-12-23(16-19)15-18-8-2-1-3-9-18/h1-3,8-9,19H,4-7,10-17H2,(H,22,25). The highest BCUT2D eigenvalue weighted by Crippen LogP contribution is 2.18. The Morgan fingerprint density at radius 1 is 1.08 bits per heavy atom. The molecule has 142 valence electrons. The van der Waals surface area contributed by atoms with Gasteiger partial charge >= 0.3 is 0 Å². The largest absolute Gasteiger partial charge is 0.354 e. The van der Waals surface area contributed by atoms with Gasteiger partial charge in [-0.1, -0.05) is 36.8 Å². The minimum atomic E-state index is -0.0147. The Bertz CT molecular complexity index is 590. The lowest BCUT2D eigenvalue weighted by Crippen LogP contribution is -2.44. The smallest absolute Gasteiger partial charge is 0.239 e. The van der Waals surface area contributed by atoms with E-state index in [9.17, 15) is 9.59 Å². The highest BCUT2D eigenvalue weighted by molar-refractivity contribution is 5.85. The van der Waals surface area contributed by atoms with Crippen molar-refractivity contribution < 1.29 is 9.59 Å². The molecule has 2 aliphatic heterocycles. The van der Waals surface area contributed by atoms with E-state index in [0.29, 0.717) is 18.9 Å². The Hall–Kier alpha value is -1.88. The number of amides is 2. The summed E-state index contributed by atoms with van der Waals surface area (Å²) in [5.41, 5.74) is 1.35. The van der Waals surface area contributed by atoms with Crippen LogP contribution in [-0.2, 0) is 16.1 Å². The summed E-state index contributed by atoms with van der Waals surface area (Å²) < 4.78 is 0. The zero-order valence-electron chi connectivity index (χ0n) is 15.7. The van der Waals surface area contributed by atoms with E-state index in [-0.39, 0.29) is 18.4 Å². The van der Waals surface area contributed by atoms with Gasteiger partial charge in [0.2, 0.25) is 11.8 Å². The molecule has 0 bridgehead atoms. The fourth-order valence-electron chi connectivity index (χ4n) is 3.98. The molecule has 3 rings (SSSR count). The molecule has 1 unspecified atom stereocenters. The number of carbonyl (C=O) groups is 2. The molecule has 0 spiro atoms. The van der Waals surface area contributed by atoms with Crippen molar-refractivity contribution in [1.82, 2.24) is 15.1 Å². The Balaban J connectivity index is 1.44. The maximum Gasteiger partial charge on any atom is 0.239 e. The van der Waals surface area contributed by atoms with Crippen LogP contribution in [-0.4, -0.2) is 54.3 Å². The molecule has 1 aromatic carbocycles. The molecule has 0 aliphatic carbocycles. The van der Waals surface area contributed by atoms with Gasteiger partial charge in [0.1, 0.15) is 0 Å². The Labute approximate surface area is 156 Å². The second kappa shape index (κ2) is 9.72. The van der Waals surface area contributed by atoms with Crippen molar-refractivity contribution in [1.29, 1.82) is 0 Å². The van der Waals surface area contributed by atoms with Gasteiger partial charge in [-0.3, -0.25) is 14.5 Å². The van der Waals surface area contributed by atoms with Crippen molar-refractivity contribution in [3.05, 3.63) is 35.9 Å². The highest BCUT2D eigenvalue weighted by atomic mass is 16.2. The summed E-state index contributed by atoms with van der Waals surface area (Å²) in [4.78, 5) is 28.3. The van der Waals surface area contributed by atoms with Gasteiger partial charge in [-0.25, -0.2) is 0 Å². The predicted molar refractivity (Wildman–Crippen MR) is 103 cm³/mol. The van der Waals surface area contributed by atoms with Crippen LogP contribution in [0.2, 0.25) is 0 Å². The third kappa shape index (κ3) is 5.84. The molecule has 2 heterocycles. The topological polar surface area (TPSA) is 52.7 Å². The molecule has 5 nitrogen and oxygen atoms in total. The van der Waals surface area contributed by atoms with E-state index in [1.807, 2.05) is 0 Å². The zero-order valence-corrected chi connectivity index (χ0v) is 15.7. The van der Waals surface area contributed by atoms with E-state index >= 15 is 0 Å². The molecule has 2 saturated heterocycles. The molecule has 5 heteroatoms. The monoisotopic (exact) mass is 357 g/mol. The Morgan fingerprint density at radius 3 is 2.69 bits per heavy atom. The van der Waals surface area contributed by atoms with Crippen LogP contribution in [0.3, 0.4) is 0 Å². The fraction of sp³-hybridized carbons (Fsp3) is 0.619. The van der Waals surface area contributed by atoms with Gasteiger partial charge in [-0.15, -0.1) is 0 Å². The van der Waals surface area contributed by atoms with Gasteiger partial charge in [-0.2, -0.15) is 0 Å². The molecule has 2 fully saturated rings. The Morgan fingerprint density at radius 2 is 1.88 bits per heavy atom. The van der Waals surface area contributed by atoms with Crippen LogP contribution >= 0.6 is 0 Å². The van der Waals surface area contributed by atoms with Crippen LogP contribution in [0.25, 0.3) is 0 Å². The molecule has 1 N–H and O–H groups in total. The number of likely N-dealkylation sites (tertiary alicyclic amines) is 2. The molecule has 0 aromatic heterocycles. The average molecular weight is 357 g/mol. The first kappa shape index (κ1) is 18.9. The highest BCUT2D eigenvalue weighted by Gasteiger charge is 2.22. The average Bonchev–Trinajstić information content (AvgIpc) is 2.88. The van der Waals surface area contributed by atoms with Crippen LogP contribution in [0.15, 0.2) is 30.3 Å². The second-order valence-corrected chi connectivity index (χ2v) is 7.66. The molecule has 2 amide bonds. The van der Waals surface area contributed by atoms with Gasteiger partial charge in [0.15, 0.2) is 0 Å². The number of piperidine rings is 1. The van der Waals surface area contributed by atoms with Crippen molar-refractivity contribution in [2.24, 2.45) is 5.92 Å². The number of nitrogens with zero attached hydrogens (tertiary/aromatic N) is 2. The van der Waals surface area contributed by atoms with Crippen molar-refractivity contribution in [3.8, 4) is 0 Å². The number of benzene rings is 1. The van der Waals surface area contributed by atoms with E-state index in [0.717, 1.165) is 45.4 Å². The minimum absolute atomic E-state index is 0.0147. The van der Waals surface area contributed by atoms with Crippen LogP contribution in [0.4, 0.5) is 0 Å². The van der Waals surface area contributed by atoms with Crippen LogP contribution in [0.1, 0.15) is 44.1 Å². The first-order valence-corrected chi connectivity index (χ1v) is 10.0. The maximum atomic E-state index is 12.2. The van der Waals surface area contributed by atoms with Crippen LogP contribution in [0.5, 0.6) is 0 Å². The van der Waals surface area contributed by atoms with E-state index < -0.39 is 0 Å². The normalized spacial score (nSPS) is 22.1. The van der Waals surface area contributed by atoms with E-state index in [1.54, 1.807) is 4.90 Å². The third-order valence-electron chi connectivity index (χ3n) is 5.45. The third-order valence-corrected chi connectivity index (χ3v) is 5.45. The summed E-state index contributed by atoms with van der Waals surface area (Å²) in [6, 6.07) is 10.6. The maximum absolute atomic E-state index is 12.2. The van der Waals surface area contributed by atoms with Crippen molar-refractivity contribution >= 4 is 11.8 Å². The lowest BCUT2D eigenvalue weighted by atomic mass is 10.0. The van der Waals surface area contributed by atoms with Gasteiger partial charge in [0.05, 0.1) is 6.54 Å². The summed E-state index contributed by atoms with van der Waals surface area (Å²) in [7, 11) is 0. The number of hydrogen-bond donors (Lipinski definition) is 1. The minimum Gasteiger partial charge on any atom is -0.354 e. The summed E-state index contributed by atoms with van der Waals surface area (Å²) in [5.74, 6) is 0.594. The van der Waals surface area contributed by atoms with Crippen molar-refractivity contribution in [3.63, 3.8) is 0 Å².